The van der Waals surface area contributed by atoms with Gasteiger partial charge in [0.1, 0.15) is 0 Å². The van der Waals surface area contributed by atoms with Gasteiger partial charge < -0.3 is 9.84 Å². The van der Waals surface area contributed by atoms with E-state index in [1.54, 1.807) is 0 Å². The van der Waals surface area contributed by atoms with E-state index in [0.29, 0.717) is 18.5 Å². The molecule has 3 nitrogen and oxygen atoms in total. The van der Waals surface area contributed by atoms with Gasteiger partial charge in [-0.25, -0.2) is 0 Å². The Bertz CT molecular complexity index is 236. The molecule has 1 N–H and O–H groups in total. The normalized spacial score (nSPS) is 38.3. The molecule has 2 saturated heterocycles. The molecular weight excluding hydrogens is 221 g/mol. The minimum atomic E-state index is -0.540. The Balaban J connectivity index is 1.84. The van der Waals surface area contributed by atoms with Gasteiger partial charge in [0.25, 0.3) is 0 Å². The zero-order valence-corrected chi connectivity index (χ0v) is 10.7. The smallest absolute Gasteiger partial charge is 0.0894 e. The summed E-state index contributed by atoms with van der Waals surface area (Å²) in [5.41, 5.74) is -0.540. The van der Waals surface area contributed by atoms with Crippen molar-refractivity contribution in [1.82, 2.24) is 4.90 Å². The third-order valence-corrected chi connectivity index (χ3v) is 4.28. The van der Waals surface area contributed by atoms with Gasteiger partial charge in [-0.3, -0.25) is 9.29 Å². The Morgan fingerprint density at radius 2 is 1.88 bits per heavy atom. The predicted molar refractivity (Wildman–Crippen MR) is 64.8 cm³/mol. The van der Waals surface area contributed by atoms with E-state index >= 15 is 0 Å². The first kappa shape index (κ1) is 13.2. The first-order valence-electron chi connectivity index (χ1n) is 6.73. The molecule has 0 amide bonds. The largest absolute Gasteiger partial charge is 0.390 e. The zero-order chi connectivity index (χ0) is 12.3. The average Bonchev–Trinajstić information content (AvgIpc) is 2.27. The van der Waals surface area contributed by atoms with Crippen LogP contribution in [-0.2, 0) is 4.74 Å². The standard InChI is InChI=1S/C13H24FNO2/c1-15-11-7-13(16,5-3-2-4-6-14)8-12(15)10-17-9-11/h11-12,16H,2-10H2,1H3. The van der Waals surface area contributed by atoms with Crippen LogP contribution in [0.4, 0.5) is 4.39 Å². The Kier molecular flexibility index (Phi) is 4.39. The van der Waals surface area contributed by atoms with Gasteiger partial charge in [0.05, 0.1) is 25.5 Å². The van der Waals surface area contributed by atoms with E-state index < -0.39 is 5.60 Å². The van der Waals surface area contributed by atoms with E-state index in [1.807, 2.05) is 0 Å². The molecule has 2 rings (SSSR count). The van der Waals surface area contributed by atoms with Gasteiger partial charge in [-0.05, 0) is 32.7 Å². The van der Waals surface area contributed by atoms with Crippen molar-refractivity contribution in [3.05, 3.63) is 0 Å². The molecule has 0 spiro atoms. The molecule has 17 heavy (non-hydrogen) atoms. The molecule has 2 heterocycles. The summed E-state index contributed by atoms with van der Waals surface area (Å²) < 4.78 is 17.5. The number of aliphatic hydroxyl groups is 1. The van der Waals surface area contributed by atoms with Crippen LogP contribution in [0.3, 0.4) is 0 Å². The van der Waals surface area contributed by atoms with Crippen LogP contribution in [0.15, 0.2) is 0 Å². The molecule has 4 heteroatoms. The van der Waals surface area contributed by atoms with E-state index in [1.165, 1.54) is 0 Å². The number of ether oxygens (including phenoxy) is 1. The summed E-state index contributed by atoms with van der Waals surface area (Å²) in [7, 11) is 2.13. The Labute approximate surface area is 103 Å². The van der Waals surface area contributed by atoms with Crippen LogP contribution in [-0.4, -0.2) is 54.6 Å². The Morgan fingerprint density at radius 1 is 1.24 bits per heavy atom. The number of rotatable bonds is 5. The van der Waals surface area contributed by atoms with Gasteiger partial charge >= 0.3 is 0 Å². The highest BCUT2D eigenvalue weighted by molar-refractivity contribution is 4.97. The van der Waals surface area contributed by atoms with Gasteiger partial charge in [0.2, 0.25) is 0 Å². The fourth-order valence-corrected chi connectivity index (χ4v) is 3.17. The maximum Gasteiger partial charge on any atom is 0.0894 e. The highest BCUT2D eigenvalue weighted by Gasteiger charge is 2.43. The van der Waals surface area contributed by atoms with E-state index in [2.05, 4.69) is 11.9 Å². The molecule has 100 valence electrons. The van der Waals surface area contributed by atoms with Gasteiger partial charge in [-0.15, -0.1) is 0 Å². The molecular formula is C13H24FNO2. The highest BCUT2D eigenvalue weighted by atomic mass is 19.1. The topological polar surface area (TPSA) is 32.7 Å². The second-order valence-corrected chi connectivity index (χ2v) is 5.64. The van der Waals surface area contributed by atoms with E-state index in [9.17, 15) is 9.50 Å². The van der Waals surface area contributed by atoms with Crippen molar-refractivity contribution >= 4 is 0 Å². The molecule has 2 unspecified atom stereocenters. The van der Waals surface area contributed by atoms with Crippen LogP contribution >= 0.6 is 0 Å². The molecule has 2 aliphatic heterocycles. The minimum absolute atomic E-state index is 0.236. The number of likely N-dealkylation sites (N-methyl/N-ethyl adjacent to an activating group) is 1. The summed E-state index contributed by atoms with van der Waals surface area (Å²) in [6.45, 7) is 1.24. The fraction of sp³-hybridized carbons (Fsp3) is 1.00. The SMILES string of the molecule is CN1C2COCC1CC(O)(CCCCCF)C2. The van der Waals surface area contributed by atoms with Crippen LogP contribution in [0.2, 0.25) is 0 Å². The summed E-state index contributed by atoms with van der Waals surface area (Å²) in [4.78, 5) is 2.35. The third kappa shape index (κ3) is 3.18. The molecule has 0 radical (unpaired) electrons. The average molecular weight is 245 g/mol. The number of halogens is 1. The van der Waals surface area contributed by atoms with Gasteiger partial charge in [0, 0.05) is 12.1 Å². The van der Waals surface area contributed by atoms with Gasteiger partial charge in [0.15, 0.2) is 0 Å². The fourth-order valence-electron chi connectivity index (χ4n) is 3.17. The molecule has 0 saturated carbocycles. The van der Waals surface area contributed by atoms with Crippen LogP contribution in [0.5, 0.6) is 0 Å². The first-order chi connectivity index (χ1) is 8.14. The van der Waals surface area contributed by atoms with Crippen molar-refractivity contribution in [2.75, 3.05) is 26.9 Å². The minimum Gasteiger partial charge on any atom is -0.390 e. The van der Waals surface area contributed by atoms with Crippen molar-refractivity contribution in [2.45, 2.75) is 56.2 Å². The summed E-state index contributed by atoms with van der Waals surface area (Å²) in [6, 6.07) is 0.711. The van der Waals surface area contributed by atoms with Crippen molar-refractivity contribution in [1.29, 1.82) is 0 Å². The molecule has 2 bridgehead atoms. The van der Waals surface area contributed by atoms with Crippen molar-refractivity contribution in [2.24, 2.45) is 0 Å². The molecule has 0 aliphatic carbocycles. The number of hydrogen-bond donors (Lipinski definition) is 1. The van der Waals surface area contributed by atoms with Crippen LogP contribution < -0.4 is 0 Å². The van der Waals surface area contributed by atoms with E-state index in [-0.39, 0.29) is 6.67 Å². The van der Waals surface area contributed by atoms with Crippen LogP contribution in [0.25, 0.3) is 0 Å². The number of nitrogens with zero attached hydrogens (tertiary/aromatic N) is 1. The number of unbranched alkanes of at least 4 members (excludes halogenated alkanes) is 2. The van der Waals surface area contributed by atoms with Gasteiger partial charge in [-0.1, -0.05) is 12.8 Å². The number of morpholine rings is 1. The monoisotopic (exact) mass is 245 g/mol. The van der Waals surface area contributed by atoms with Crippen LogP contribution in [0, 0.1) is 0 Å². The lowest BCUT2D eigenvalue weighted by atomic mass is 9.78. The number of hydrogen-bond acceptors (Lipinski definition) is 3. The van der Waals surface area contributed by atoms with Crippen molar-refractivity contribution < 1.29 is 14.2 Å². The molecule has 2 aliphatic rings. The highest BCUT2D eigenvalue weighted by Crippen LogP contribution is 2.36. The Morgan fingerprint density at radius 3 is 2.47 bits per heavy atom. The third-order valence-electron chi connectivity index (χ3n) is 4.28. The first-order valence-corrected chi connectivity index (χ1v) is 6.73. The summed E-state index contributed by atoms with van der Waals surface area (Å²) >= 11 is 0. The molecule has 2 fully saturated rings. The summed E-state index contributed by atoms with van der Waals surface area (Å²) in [5.74, 6) is 0. The zero-order valence-electron chi connectivity index (χ0n) is 10.7. The van der Waals surface area contributed by atoms with E-state index in [0.717, 1.165) is 45.3 Å². The summed E-state index contributed by atoms with van der Waals surface area (Å²) in [5, 5.41) is 10.6. The molecule has 0 aromatic rings. The van der Waals surface area contributed by atoms with Crippen molar-refractivity contribution in [3.63, 3.8) is 0 Å². The maximum absolute atomic E-state index is 12.0. The van der Waals surface area contributed by atoms with Gasteiger partial charge in [-0.2, -0.15) is 0 Å². The maximum atomic E-state index is 12.0. The predicted octanol–water partition coefficient (Wildman–Crippen LogP) is 1.74. The number of fused-ring (bicyclic) bond motifs is 2. The lowest BCUT2D eigenvalue weighted by Gasteiger charge is -2.50. The number of piperidine rings is 1. The van der Waals surface area contributed by atoms with Crippen molar-refractivity contribution in [3.8, 4) is 0 Å². The lowest BCUT2D eigenvalue weighted by Crippen LogP contribution is -2.60. The quantitative estimate of drug-likeness (QED) is 0.749. The molecule has 0 aromatic carbocycles. The second kappa shape index (κ2) is 5.63. The van der Waals surface area contributed by atoms with Crippen LogP contribution in [0.1, 0.15) is 38.5 Å². The molecule has 0 aromatic heterocycles. The lowest BCUT2D eigenvalue weighted by molar-refractivity contribution is -0.137. The Hall–Kier alpha value is -0.190. The molecule has 2 atom stereocenters. The number of alkyl halides is 1. The summed E-state index contributed by atoms with van der Waals surface area (Å²) in [6.07, 6.45) is 4.87. The van der Waals surface area contributed by atoms with E-state index in [4.69, 9.17) is 4.74 Å². The second-order valence-electron chi connectivity index (χ2n) is 5.64.